The maximum Gasteiger partial charge on any atom is 0.354 e. The van der Waals surface area contributed by atoms with Crippen molar-refractivity contribution in [2.45, 2.75) is 26.5 Å². The van der Waals surface area contributed by atoms with E-state index in [0.717, 1.165) is 0 Å². The predicted molar refractivity (Wildman–Crippen MR) is 116 cm³/mol. The lowest BCUT2D eigenvalue weighted by Gasteiger charge is -2.20. The molecule has 0 saturated heterocycles. The molecule has 158 valence electrons. The Hall–Kier alpha value is -2.97. The third-order valence-electron chi connectivity index (χ3n) is 4.39. The van der Waals surface area contributed by atoms with Gasteiger partial charge < -0.3 is 14.8 Å². The zero-order chi connectivity index (χ0) is 21.8. The quantitative estimate of drug-likeness (QED) is 0.443. The normalized spacial score (nSPS) is 11.0. The topological polar surface area (TPSA) is 67.9 Å². The van der Waals surface area contributed by atoms with Crippen molar-refractivity contribution in [3.05, 3.63) is 58.7 Å². The van der Waals surface area contributed by atoms with E-state index in [-0.39, 0.29) is 18.7 Å². The first kappa shape index (κ1) is 21.7. The zero-order valence-electron chi connectivity index (χ0n) is 17.2. The summed E-state index contributed by atoms with van der Waals surface area (Å²) >= 11 is 1.17. The van der Waals surface area contributed by atoms with E-state index in [0.29, 0.717) is 32.0 Å². The lowest BCUT2D eigenvalue weighted by molar-refractivity contribution is 0.0735. The van der Waals surface area contributed by atoms with E-state index in [4.69, 9.17) is 9.47 Å². The summed E-state index contributed by atoms with van der Waals surface area (Å²) < 4.78 is 25.6. The molecule has 0 saturated carbocycles. The van der Waals surface area contributed by atoms with E-state index >= 15 is 0 Å². The van der Waals surface area contributed by atoms with Gasteiger partial charge >= 0.3 is 12.0 Å². The highest BCUT2D eigenvalue weighted by atomic mass is 32.1. The number of thiophene rings is 1. The second-order valence-corrected chi connectivity index (χ2v) is 8.05. The molecule has 3 rings (SSSR count). The van der Waals surface area contributed by atoms with Gasteiger partial charge in [-0.1, -0.05) is 6.07 Å². The lowest BCUT2D eigenvalue weighted by atomic mass is 10.1. The minimum absolute atomic E-state index is 0.0209. The van der Waals surface area contributed by atoms with Crippen molar-refractivity contribution in [2.24, 2.45) is 0 Å². The summed E-state index contributed by atoms with van der Waals surface area (Å²) in [5.74, 6) is -0.661. The number of benzene rings is 2. The molecular weight excluding hydrogens is 407 g/mol. The van der Waals surface area contributed by atoms with Crippen LogP contribution in [0.4, 0.5) is 14.9 Å². The number of hydrogen-bond acceptors (Lipinski definition) is 5. The van der Waals surface area contributed by atoms with Crippen LogP contribution in [-0.2, 0) is 11.3 Å². The Morgan fingerprint density at radius 1 is 1.17 bits per heavy atom. The van der Waals surface area contributed by atoms with Gasteiger partial charge in [0.1, 0.15) is 16.4 Å². The summed E-state index contributed by atoms with van der Waals surface area (Å²) in [5.41, 5.74) is 1.12. The second-order valence-electron chi connectivity index (χ2n) is 7.00. The fraction of sp³-hybridized carbons (Fsp3) is 0.273. The first-order valence-corrected chi connectivity index (χ1v) is 10.2. The number of fused-ring (bicyclic) bond motifs is 1. The monoisotopic (exact) mass is 430 g/mol. The third-order valence-corrected chi connectivity index (χ3v) is 5.57. The average molecular weight is 431 g/mol. The number of methoxy groups -OCH3 is 1. The molecule has 6 nitrogen and oxygen atoms in total. The van der Waals surface area contributed by atoms with Crippen LogP contribution in [-0.4, -0.2) is 32.2 Å². The summed E-state index contributed by atoms with van der Waals surface area (Å²) in [6, 6.07) is 11.1. The summed E-state index contributed by atoms with van der Waals surface area (Å²) in [5, 5.41) is 3.18. The third kappa shape index (κ3) is 4.60. The van der Waals surface area contributed by atoms with Crippen molar-refractivity contribution >= 4 is 39.1 Å². The number of urea groups is 1. The van der Waals surface area contributed by atoms with Crippen LogP contribution in [0.1, 0.15) is 29.1 Å². The molecule has 0 aliphatic carbocycles. The molecule has 2 aromatic carbocycles. The molecule has 0 atom stereocenters. The van der Waals surface area contributed by atoms with Gasteiger partial charge in [-0.05, 0) is 50.2 Å². The number of carbonyl (C=O) groups excluding carboxylic acids is 2. The summed E-state index contributed by atoms with van der Waals surface area (Å²) in [7, 11) is 3.14. The highest BCUT2D eigenvalue weighted by Crippen LogP contribution is 2.34. The van der Waals surface area contributed by atoms with E-state index < -0.39 is 11.8 Å². The average Bonchev–Trinajstić information content (AvgIpc) is 3.08. The molecule has 30 heavy (non-hydrogen) atoms. The van der Waals surface area contributed by atoms with Gasteiger partial charge in [-0.3, -0.25) is 4.90 Å². The molecule has 0 fully saturated rings. The minimum Gasteiger partial charge on any atom is -0.422 e. The molecule has 1 N–H and O–H groups in total. The van der Waals surface area contributed by atoms with Crippen LogP contribution in [0.15, 0.2) is 42.5 Å². The van der Waals surface area contributed by atoms with E-state index in [1.54, 1.807) is 43.4 Å². The first-order valence-electron chi connectivity index (χ1n) is 9.37. The number of amides is 2. The van der Waals surface area contributed by atoms with Crippen LogP contribution in [0.3, 0.4) is 0 Å². The molecule has 2 amide bonds. The van der Waals surface area contributed by atoms with Crippen molar-refractivity contribution in [3.63, 3.8) is 0 Å². The number of halogens is 1. The molecule has 0 unspecified atom stereocenters. The van der Waals surface area contributed by atoms with Crippen LogP contribution < -0.4 is 15.0 Å². The Morgan fingerprint density at radius 3 is 2.50 bits per heavy atom. The summed E-state index contributed by atoms with van der Waals surface area (Å²) in [6.07, 6.45) is 0. The largest absolute Gasteiger partial charge is 0.422 e. The maximum atomic E-state index is 14.3. The van der Waals surface area contributed by atoms with Gasteiger partial charge in [-0.15, -0.1) is 11.3 Å². The van der Waals surface area contributed by atoms with Gasteiger partial charge in [-0.25, -0.2) is 14.0 Å². The number of hydrogen-bond donors (Lipinski definition) is 1. The number of nitrogens with zero attached hydrogens (tertiary/aromatic N) is 1. The highest BCUT2D eigenvalue weighted by molar-refractivity contribution is 7.21. The van der Waals surface area contributed by atoms with Gasteiger partial charge in [0.2, 0.25) is 0 Å². The summed E-state index contributed by atoms with van der Waals surface area (Å²) in [6.45, 7) is 3.86. The molecule has 8 heteroatoms. The van der Waals surface area contributed by atoms with Gasteiger partial charge in [-0.2, -0.15) is 0 Å². The molecule has 0 radical (unpaired) electrons. The first-order chi connectivity index (χ1) is 14.3. The molecule has 0 aliphatic heterocycles. The molecule has 3 aromatic rings. The van der Waals surface area contributed by atoms with Gasteiger partial charge in [0.15, 0.2) is 0 Å². The fourth-order valence-corrected chi connectivity index (χ4v) is 4.06. The van der Waals surface area contributed by atoms with Crippen molar-refractivity contribution in [3.8, 4) is 5.75 Å². The molecule has 0 bridgehead atoms. The van der Waals surface area contributed by atoms with Crippen LogP contribution >= 0.6 is 11.3 Å². The number of rotatable bonds is 6. The predicted octanol–water partition coefficient (Wildman–Crippen LogP) is 4.96. The van der Waals surface area contributed by atoms with Gasteiger partial charge in [0.25, 0.3) is 0 Å². The van der Waals surface area contributed by atoms with Crippen molar-refractivity contribution in [2.75, 3.05) is 19.1 Å². The standard InChI is InChI=1S/C22H23FN2O4S/c1-13(2)24-22(27)25(3)14-8-10-15(11-9-14)29-21(26)20-16(12-28-4)19-17(23)6-5-7-18(19)30-20/h5-11,13H,12H2,1-4H3,(H,24,27). The summed E-state index contributed by atoms with van der Waals surface area (Å²) in [4.78, 5) is 26.6. The number of ether oxygens (including phenoxy) is 2. The molecular formula is C22H23FN2O4S. The van der Waals surface area contributed by atoms with Gasteiger partial charge in [0, 0.05) is 41.5 Å². The van der Waals surface area contributed by atoms with E-state index in [2.05, 4.69) is 5.32 Å². The van der Waals surface area contributed by atoms with E-state index in [1.807, 2.05) is 13.8 Å². The van der Waals surface area contributed by atoms with Crippen LogP contribution in [0.5, 0.6) is 5.75 Å². The fourth-order valence-electron chi connectivity index (χ4n) is 2.97. The van der Waals surface area contributed by atoms with Crippen molar-refractivity contribution in [1.82, 2.24) is 5.32 Å². The number of anilines is 1. The Balaban J connectivity index is 1.80. The number of carbonyl (C=O) groups is 2. The van der Waals surface area contributed by atoms with Crippen molar-refractivity contribution in [1.29, 1.82) is 0 Å². The Labute approximate surface area is 178 Å². The Morgan fingerprint density at radius 2 is 1.87 bits per heavy atom. The molecule has 1 aromatic heterocycles. The SMILES string of the molecule is COCc1c(C(=O)Oc2ccc(N(C)C(=O)NC(C)C)cc2)sc2cccc(F)c12. The Kier molecular flexibility index (Phi) is 6.69. The van der Waals surface area contributed by atoms with Gasteiger partial charge in [0.05, 0.1) is 6.61 Å². The maximum absolute atomic E-state index is 14.3. The minimum atomic E-state index is -0.582. The van der Waals surface area contributed by atoms with Crippen molar-refractivity contribution < 1.29 is 23.5 Å². The smallest absolute Gasteiger partial charge is 0.354 e. The molecule has 1 heterocycles. The van der Waals surface area contributed by atoms with Crippen LogP contribution in [0.25, 0.3) is 10.1 Å². The number of esters is 1. The van der Waals surface area contributed by atoms with E-state index in [1.165, 1.54) is 29.4 Å². The van der Waals surface area contributed by atoms with Crippen LogP contribution in [0.2, 0.25) is 0 Å². The molecule has 0 aliphatic rings. The highest BCUT2D eigenvalue weighted by Gasteiger charge is 2.22. The lowest BCUT2D eigenvalue weighted by Crippen LogP contribution is -2.40. The second kappa shape index (κ2) is 9.23. The number of nitrogens with one attached hydrogen (secondary N) is 1. The molecule has 0 spiro atoms. The van der Waals surface area contributed by atoms with E-state index in [9.17, 15) is 14.0 Å². The Bertz CT molecular complexity index is 1060. The van der Waals surface area contributed by atoms with Crippen LogP contribution in [0, 0.1) is 5.82 Å². The zero-order valence-corrected chi connectivity index (χ0v) is 18.0.